The molecule has 0 saturated carbocycles. The molecule has 10 nitrogen and oxygen atoms in total. The number of likely N-dealkylation sites (N-methyl/N-ethyl adjacent to an activating group) is 1. The molecule has 206 valence electrons. The maximum absolute atomic E-state index is 13.6. The fraction of sp³-hybridized carbons (Fsp3) is 0.414. The second kappa shape index (κ2) is 11.1. The van der Waals surface area contributed by atoms with Gasteiger partial charge in [-0.1, -0.05) is 25.1 Å². The number of nitrogens with zero attached hydrogens (tertiary/aromatic N) is 4. The Hall–Kier alpha value is -3.89. The summed E-state index contributed by atoms with van der Waals surface area (Å²) in [6, 6.07) is 11.5. The van der Waals surface area contributed by atoms with Crippen LogP contribution in [0.5, 0.6) is 5.75 Å². The Morgan fingerprint density at radius 3 is 2.46 bits per heavy atom. The van der Waals surface area contributed by atoms with E-state index >= 15 is 0 Å². The van der Waals surface area contributed by atoms with Gasteiger partial charge in [0.05, 0.1) is 17.9 Å². The lowest BCUT2D eigenvalue weighted by Gasteiger charge is -2.34. The van der Waals surface area contributed by atoms with Crippen molar-refractivity contribution in [3.8, 4) is 5.75 Å². The number of carboxylic acids is 1. The van der Waals surface area contributed by atoms with Gasteiger partial charge in [-0.25, -0.2) is 4.99 Å². The minimum atomic E-state index is -0.826. The molecule has 2 fully saturated rings. The number of piperidine rings is 1. The molecule has 3 aliphatic rings. The lowest BCUT2D eigenvalue weighted by atomic mass is 9.88. The summed E-state index contributed by atoms with van der Waals surface area (Å²) in [5, 5.41) is 20.1. The summed E-state index contributed by atoms with van der Waals surface area (Å²) in [5.74, 6) is -0.0211. The number of nitrogens with one attached hydrogen (secondary N) is 2. The van der Waals surface area contributed by atoms with Crippen LogP contribution in [-0.2, 0) is 9.59 Å². The molecule has 3 heterocycles. The number of hydrazine groups is 1. The Bertz CT molecular complexity index is 1340. The maximum atomic E-state index is 13.6. The molecule has 1 amide bonds. The van der Waals surface area contributed by atoms with E-state index in [1.807, 2.05) is 49.1 Å². The second-order valence-electron chi connectivity index (χ2n) is 10.5. The van der Waals surface area contributed by atoms with Crippen molar-refractivity contribution in [3.63, 3.8) is 0 Å². The van der Waals surface area contributed by atoms with E-state index < -0.39 is 5.97 Å². The zero-order chi connectivity index (χ0) is 27.7. The Morgan fingerprint density at radius 2 is 1.79 bits per heavy atom. The number of amides is 1. The molecule has 2 saturated heterocycles. The Kier molecular flexibility index (Phi) is 7.58. The number of aliphatic imine (C=N–C) groups is 1. The number of aliphatic carboxylic acids is 1. The number of phenols is 1. The van der Waals surface area contributed by atoms with E-state index in [4.69, 9.17) is 10.1 Å². The van der Waals surface area contributed by atoms with E-state index in [-0.39, 0.29) is 30.0 Å². The summed E-state index contributed by atoms with van der Waals surface area (Å²) in [7, 11) is 0. The molecular weight excluding hydrogens is 496 g/mol. The molecule has 0 atom stereocenters. The van der Waals surface area contributed by atoms with Crippen LogP contribution in [0.15, 0.2) is 52.8 Å². The fourth-order valence-corrected chi connectivity index (χ4v) is 5.40. The van der Waals surface area contributed by atoms with Crippen molar-refractivity contribution in [1.29, 1.82) is 0 Å². The Morgan fingerprint density at radius 1 is 1.05 bits per heavy atom. The summed E-state index contributed by atoms with van der Waals surface area (Å²) in [6.45, 7) is 10.1. The number of aromatic hydroxyl groups is 1. The number of hydrogen-bond acceptors (Lipinski definition) is 8. The van der Waals surface area contributed by atoms with Crippen LogP contribution in [0.4, 0.5) is 11.4 Å². The van der Waals surface area contributed by atoms with Gasteiger partial charge in [-0.2, -0.15) is 0 Å². The van der Waals surface area contributed by atoms with Crippen LogP contribution in [0.1, 0.15) is 42.4 Å². The third-order valence-corrected chi connectivity index (χ3v) is 7.95. The van der Waals surface area contributed by atoms with Gasteiger partial charge in [-0.3, -0.25) is 35.1 Å². The summed E-state index contributed by atoms with van der Waals surface area (Å²) >= 11 is 0. The highest BCUT2D eigenvalue weighted by atomic mass is 16.4. The molecule has 0 unspecified atom stereocenters. The number of para-hydroxylation sites is 1. The molecule has 3 aliphatic heterocycles. The monoisotopic (exact) mass is 532 g/mol. The van der Waals surface area contributed by atoms with Crippen molar-refractivity contribution >= 4 is 29.1 Å². The summed E-state index contributed by atoms with van der Waals surface area (Å²) in [5.41, 5.74) is 11.4. The molecule has 0 bridgehead atoms. The molecule has 0 radical (unpaired) electrons. The van der Waals surface area contributed by atoms with Crippen molar-refractivity contribution in [3.05, 3.63) is 64.5 Å². The number of aryl methyl sites for hydroxylation is 2. The van der Waals surface area contributed by atoms with E-state index in [0.717, 1.165) is 60.4 Å². The highest BCUT2D eigenvalue weighted by molar-refractivity contribution is 6.46. The van der Waals surface area contributed by atoms with Gasteiger partial charge in [0, 0.05) is 18.7 Å². The van der Waals surface area contributed by atoms with Gasteiger partial charge < -0.3 is 10.2 Å². The highest BCUT2D eigenvalue weighted by Crippen LogP contribution is 2.38. The van der Waals surface area contributed by atoms with Crippen molar-refractivity contribution in [2.75, 3.05) is 49.6 Å². The average Bonchev–Trinajstić information content (AvgIpc) is 3.20. The summed E-state index contributed by atoms with van der Waals surface area (Å²) in [6.07, 6.45) is 1.53. The van der Waals surface area contributed by atoms with Gasteiger partial charge in [0.25, 0.3) is 0 Å². The predicted molar refractivity (Wildman–Crippen MR) is 151 cm³/mol. The van der Waals surface area contributed by atoms with Gasteiger partial charge in [-0.05, 0) is 87.1 Å². The van der Waals surface area contributed by atoms with Crippen LogP contribution in [0, 0.1) is 13.8 Å². The van der Waals surface area contributed by atoms with Gasteiger partial charge in [-0.15, -0.1) is 0 Å². The number of carbonyl (C=O) groups is 2. The first-order chi connectivity index (χ1) is 18.7. The number of anilines is 2. The third kappa shape index (κ3) is 5.48. The minimum Gasteiger partial charge on any atom is -0.505 e. The van der Waals surface area contributed by atoms with Crippen molar-refractivity contribution in [2.45, 2.75) is 39.5 Å². The number of carbonyl (C=O) groups excluding carboxylic acids is 1. The standard InChI is InChI=1S/C29H36N6O4/c1-4-33-15-21(16-33)28-30-27(29(39)35(28)22-9-8-18(2)19(3)14-22)32-31-24-7-5-6-23(26(24)38)20-10-12-34(13-11-20)17-25(36)37/h5-9,14,20,31,38H,4,10-13,15-17H2,1-3H3,(H,30,32)(H,36,37). The van der Waals surface area contributed by atoms with Crippen LogP contribution in [0.2, 0.25) is 0 Å². The highest BCUT2D eigenvalue weighted by Gasteiger charge is 2.37. The number of likely N-dealkylation sites (tertiary alicyclic amines) is 2. The normalized spacial score (nSPS) is 18.8. The van der Waals surface area contributed by atoms with Gasteiger partial charge in [0.15, 0.2) is 0 Å². The van der Waals surface area contributed by atoms with E-state index in [2.05, 4.69) is 22.7 Å². The van der Waals surface area contributed by atoms with Crippen LogP contribution < -0.4 is 15.8 Å². The predicted octanol–water partition coefficient (Wildman–Crippen LogP) is 3.18. The van der Waals surface area contributed by atoms with Gasteiger partial charge >= 0.3 is 11.9 Å². The molecule has 0 spiro atoms. The molecule has 5 rings (SSSR count). The maximum Gasteiger partial charge on any atom is 0.317 e. The van der Waals surface area contributed by atoms with Gasteiger partial charge in [0.2, 0.25) is 5.84 Å². The van der Waals surface area contributed by atoms with Crippen molar-refractivity contribution in [2.24, 2.45) is 4.99 Å². The average molecular weight is 533 g/mol. The van der Waals surface area contributed by atoms with Crippen LogP contribution in [0.3, 0.4) is 0 Å². The molecule has 39 heavy (non-hydrogen) atoms. The number of carboxylic acid groups (broad SMARTS) is 1. The largest absolute Gasteiger partial charge is 0.505 e. The SMILES string of the molecule is CCN1CC(=C2N=C(NNc3cccc(C4CCN(CC(=O)O)CC4)c3O)C(=O)N2c2ccc(C)c(C)c2)C1. The molecule has 4 N–H and O–H groups in total. The Balaban J connectivity index is 1.33. The number of benzene rings is 2. The molecule has 2 aromatic carbocycles. The lowest BCUT2D eigenvalue weighted by molar-refractivity contribution is -0.138. The zero-order valence-corrected chi connectivity index (χ0v) is 22.7. The quantitative estimate of drug-likeness (QED) is 0.317. The van der Waals surface area contributed by atoms with Gasteiger partial charge in [0.1, 0.15) is 11.6 Å². The first-order valence-electron chi connectivity index (χ1n) is 13.5. The van der Waals surface area contributed by atoms with Crippen LogP contribution in [0.25, 0.3) is 0 Å². The first-order valence-corrected chi connectivity index (χ1v) is 13.5. The summed E-state index contributed by atoms with van der Waals surface area (Å²) < 4.78 is 0. The third-order valence-electron chi connectivity index (χ3n) is 7.95. The van der Waals surface area contributed by atoms with Crippen LogP contribution in [-0.4, -0.2) is 77.0 Å². The fourth-order valence-electron chi connectivity index (χ4n) is 5.40. The van der Waals surface area contributed by atoms with E-state index in [9.17, 15) is 14.7 Å². The zero-order valence-electron chi connectivity index (χ0n) is 22.7. The van der Waals surface area contributed by atoms with E-state index in [1.54, 1.807) is 11.0 Å². The summed E-state index contributed by atoms with van der Waals surface area (Å²) in [4.78, 5) is 35.1. The minimum absolute atomic E-state index is 0.0359. The molecule has 0 aliphatic carbocycles. The van der Waals surface area contributed by atoms with Crippen LogP contribution >= 0.6 is 0 Å². The Labute approximate surface area is 228 Å². The smallest absolute Gasteiger partial charge is 0.317 e. The topological polar surface area (TPSA) is 121 Å². The van der Waals surface area contributed by atoms with Crippen molar-refractivity contribution < 1.29 is 19.8 Å². The molecule has 0 aromatic heterocycles. The number of rotatable bonds is 7. The lowest BCUT2D eigenvalue weighted by Crippen LogP contribution is -2.43. The number of phenolic OH excluding ortho intramolecular Hbond substituents is 1. The van der Waals surface area contributed by atoms with Crippen molar-refractivity contribution in [1.82, 2.24) is 15.2 Å². The molecule has 2 aromatic rings. The number of hydrogen-bond donors (Lipinski definition) is 4. The van der Waals surface area contributed by atoms with E-state index in [0.29, 0.717) is 24.6 Å². The first kappa shape index (κ1) is 26.7. The molecular formula is C29H36N6O4. The number of amidine groups is 1. The van der Waals surface area contributed by atoms with E-state index in [1.165, 1.54) is 0 Å². The molecule has 10 heteroatoms. The second-order valence-corrected chi connectivity index (χ2v) is 10.5.